The lowest BCUT2D eigenvalue weighted by atomic mass is 10.2. The summed E-state index contributed by atoms with van der Waals surface area (Å²) in [6.45, 7) is 0.125. The zero-order valence-electron chi connectivity index (χ0n) is 10.5. The number of sulfonamides is 1. The Morgan fingerprint density at radius 3 is 2.65 bits per heavy atom. The molecule has 1 fully saturated rings. The van der Waals surface area contributed by atoms with Crippen LogP contribution in [0.5, 0.6) is 0 Å². The van der Waals surface area contributed by atoms with Gasteiger partial charge in [0.1, 0.15) is 4.90 Å². The van der Waals surface area contributed by atoms with Crippen LogP contribution < -0.4 is 10.5 Å². The van der Waals surface area contributed by atoms with Gasteiger partial charge in [0.05, 0.1) is 9.95 Å². The molecule has 1 atom stereocenters. The van der Waals surface area contributed by atoms with Crippen molar-refractivity contribution in [2.45, 2.75) is 23.8 Å². The summed E-state index contributed by atoms with van der Waals surface area (Å²) < 4.78 is 26.5. The highest BCUT2D eigenvalue weighted by Crippen LogP contribution is 2.31. The van der Waals surface area contributed by atoms with Crippen molar-refractivity contribution in [3.63, 3.8) is 0 Å². The summed E-state index contributed by atoms with van der Waals surface area (Å²) in [5, 5.41) is 10.4. The van der Waals surface area contributed by atoms with E-state index in [2.05, 4.69) is 4.72 Å². The number of halogens is 1. The molecular formula is C11H14ClN3O4S. The van der Waals surface area contributed by atoms with Crippen molar-refractivity contribution in [1.29, 1.82) is 0 Å². The average molecular weight is 320 g/mol. The average Bonchev–Trinajstić information content (AvgIpc) is 3.19. The van der Waals surface area contributed by atoms with Crippen LogP contribution in [0.25, 0.3) is 0 Å². The van der Waals surface area contributed by atoms with Gasteiger partial charge in [-0.15, -0.1) is 0 Å². The van der Waals surface area contributed by atoms with E-state index >= 15 is 0 Å². The molecule has 1 saturated carbocycles. The maximum Gasteiger partial charge on any atom is 0.271 e. The lowest BCUT2D eigenvalue weighted by molar-refractivity contribution is -0.384. The summed E-state index contributed by atoms with van der Waals surface area (Å²) in [5.41, 5.74) is 5.56. The van der Waals surface area contributed by atoms with Crippen LogP contribution >= 0.6 is 11.6 Å². The van der Waals surface area contributed by atoms with Gasteiger partial charge in [-0.3, -0.25) is 10.1 Å². The first-order valence-electron chi connectivity index (χ1n) is 6.00. The third kappa shape index (κ3) is 3.45. The van der Waals surface area contributed by atoms with Crippen LogP contribution in [0.4, 0.5) is 5.69 Å². The molecule has 0 aromatic heterocycles. The van der Waals surface area contributed by atoms with E-state index in [4.69, 9.17) is 17.3 Å². The molecule has 1 unspecified atom stereocenters. The maximum absolute atomic E-state index is 12.1. The second kappa shape index (κ2) is 5.65. The summed E-state index contributed by atoms with van der Waals surface area (Å²) in [6.07, 6.45) is 2.03. The van der Waals surface area contributed by atoms with Gasteiger partial charge in [0, 0.05) is 24.7 Å². The summed E-state index contributed by atoms with van der Waals surface area (Å²) in [5.74, 6) is 0.366. The molecule has 1 aliphatic rings. The van der Waals surface area contributed by atoms with E-state index in [1.807, 2.05) is 0 Å². The standard InChI is InChI=1S/C11H14ClN3O4S/c12-9-5-8(15(16)17)3-4-11(9)20(18,19)14-6-10(13)7-1-2-7/h3-5,7,10,14H,1-2,6,13H2. The molecule has 2 rings (SSSR count). The molecule has 1 aliphatic carbocycles. The van der Waals surface area contributed by atoms with Gasteiger partial charge < -0.3 is 5.73 Å². The highest BCUT2D eigenvalue weighted by Gasteiger charge is 2.30. The first kappa shape index (κ1) is 15.2. The van der Waals surface area contributed by atoms with E-state index < -0.39 is 14.9 Å². The van der Waals surface area contributed by atoms with E-state index in [-0.39, 0.29) is 28.2 Å². The first-order chi connectivity index (χ1) is 9.31. The molecule has 0 heterocycles. The monoisotopic (exact) mass is 319 g/mol. The summed E-state index contributed by atoms with van der Waals surface area (Å²) in [7, 11) is -3.82. The van der Waals surface area contributed by atoms with Crippen molar-refractivity contribution in [1.82, 2.24) is 4.72 Å². The molecule has 0 spiro atoms. The quantitative estimate of drug-likeness (QED) is 0.605. The molecule has 0 bridgehead atoms. The fraction of sp³-hybridized carbons (Fsp3) is 0.455. The van der Waals surface area contributed by atoms with Crippen LogP contribution in [0.2, 0.25) is 5.02 Å². The molecule has 9 heteroatoms. The lowest BCUT2D eigenvalue weighted by Crippen LogP contribution is -2.38. The Kier molecular flexibility index (Phi) is 4.28. The first-order valence-corrected chi connectivity index (χ1v) is 7.86. The molecule has 0 radical (unpaired) electrons. The minimum atomic E-state index is -3.82. The van der Waals surface area contributed by atoms with Crippen molar-refractivity contribution in [2.75, 3.05) is 6.54 Å². The highest BCUT2D eigenvalue weighted by molar-refractivity contribution is 7.89. The molecule has 0 aliphatic heterocycles. The molecule has 110 valence electrons. The number of non-ortho nitro benzene ring substituents is 1. The number of benzene rings is 1. The van der Waals surface area contributed by atoms with Gasteiger partial charge in [0.25, 0.3) is 5.69 Å². The predicted molar refractivity (Wildman–Crippen MR) is 74.0 cm³/mol. The topological polar surface area (TPSA) is 115 Å². The molecule has 0 saturated heterocycles. The summed E-state index contributed by atoms with van der Waals surface area (Å²) in [4.78, 5) is 9.75. The number of nitrogens with zero attached hydrogens (tertiary/aromatic N) is 1. The van der Waals surface area contributed by atoms with Gasteiger partial charge in [-0.2, -0.15) is 0 Å². The Balaban J connectivity index is 2.14. The molecule has 3 N–H and O–H groups in total. The lowest BCUT2D eigenvalue weighted by Gasteiger charge is -2.12. The smallest absolute Gasteiger partial charge is 0.271 e. The Hall–Kier alpha value is -1.22. The fourth-order valence-corrected chi connectivity index (χ4v) is 3.41. The van der Waals surface area contributed by atoms with E-state index in [1.54, 1.807) is 0 Å². The number of hydrogen-bond acceptors (Lipinski definition) is 5. The molecule has 1 aromatic rings. The Labute approximate surface area is 121 Å². The van der Waals surface area contributed by atoms with Gasteiger partial charge in [0.2, 0.25) is 10.0 Å². The Bertz CT molecular complexity index is 631. The highest BCUT2D eigenvalue weighted by atomic mass is 35.5. The number of nitrogens with one attached hydrogen (secondary N) is 1. The van der Waals surface area contributed by atoms with E-state index in [9.17, 15) is 18.5 Å². The zero-order chi connectivity index (χ0) is 14.9. The minimum absolute atomic E-state index is 0.125. The van der Waals surface area contributed by atoms with Gasteiger partial charge in [-0.05, 0) is 24.8 Å². The van der Waals surface area contributed by atoms with Crippen LogP contribution in [0, 0.1) is 16.0 Å². The second-order valence-corrected chi connectivity index (χ2v) is 6.87. The number of nitro benzene ring substituents is 1. The Morgan fingerprint density at radius 1 is 1.50 bits per heavy atom. The van der Waals surface area contributed by atoms with E-state index in [0.29, 0.717) is 5.92 Å². The molecule has 1 aromatic carbocycles. The minimum Gasteiger partial charge on any atom is -0.326 e. The van der Waals surface area contributed by atoms with Gasteiger partial charge >= 0.3 is 0 Å². The van der Waals surface area contributed by atoms with Gasteiger partial charge in [0.15, 0.2) is 0 Å². The van der Waals surface area contributed by atoms with Gasteiger partial charge in [-0.25, -0.2) is 13.1 Å². The van der Waals surface area contributed by atoms with Gasteiger partial charge in [-0.1, -0.05) is 11.6 Å². The molecular weight excluding hydrogens is 306 g/mol. The van der Waals surface area contributed by atoms with Crippen LogP contribution in [-0.4, -0.2) is 25.9 Å². The van der Waals surface area contributed by atoms with Crippen LogP contribution in [-0.2, 0) is 10.0 Å². The largest absolute Gasteiger partial charge is 0.326 e. The van der Waals surface area contributed by atoms with Crippen LogP contribution in [0.1, 0.15) is 12.8 Å². The molecule has 20 heavy (non-hydrogen) atoms. The van der Waals surface area contributed by atoms with Crippen molar-refractivity contribution >= 4 is 27.3 Å². The number of hydrogen-bond donors (Lipinski definition) is 2. The third-order valence-electron chi connectivity index (χ3n) is 3.15. The van der Waals surface area contributed by atoms with E-state index in [0.717, 1.165) is 31.0 Å². The maximum atomic E-state index is 12.1. The Morgan fingerprint density at radius 2 is 2.15 bits per heavy atom. The third-order valence-corrected chi connectivity index (χ3v) is 5.06. The van der Waals surface area contributed by atoms with Crippen LogP contribution in [0.15, 0.2) is 23.1 Å². The summed E-state index contributed by atoms with van der Waals surface area (Å²) in [6, 6.07) is 3.01. The van der Waals surface area contributed by atoms with Crippen molar-refractivity contribution < 1.29 is 13.3 Å². The summed E-state index contributed by atoms with van der Waals surface area (Å²) >= 11 is 5.79. The second-order valence-electron chi connectivity index (χ2n) is 4.73. The number of rotatable bonds is 6. The van der Waals surface area contributed by atoms with E-state index in [1.165, 1.54) is 0 Å². The molecule has 0 amide bonds. The van der Waals surface area contributed by atoms with Crippen molar-refractivity contribution in [3.8, 4) is 0 Å². The molecule has 7 nitrogen and oxygen atoms in total. The fourth-order valence-electron chi connectivity index (χ4n) is 1.80. The normalized spacial score (nSPS) is 16.9. The van der Waals surface area contributed by atoms with Crippen LogP contribution in [0.3, 0.4) is 0 Å². The van der Waals surface area contributed by atoms with Crippen molar-refractivity contribution in [3.05, 3.63) is 33.3 Å². The number of nitrogens with two attached hydrogens (primary N) is 1. The zero-order valence-corrected chi connectivity index (χ0v) is 12.0. The van der Waals surface area contributed by atoms with Crippen molar-refractivity contribution in [2.24, 2.45) is 11.7 Å². The SMILES string of the molecule is NC(CNS(=O)(=O)c1ccc([N+](=O)[O-])cc1Cl)C1CC1. The predicted octanol–water partition coefficient (Wildman–Crippen LogP) is 1.26. The number of nitro groups is 1.